The molecule has 6 aromatic rings. The van der Waals surface area contributed by atoms with Crippen LogP contribution >= 0.6 is 0 Å². The van der Waals surface area contributed by atoms with Gasteiger partial charge in [-0.3, -0.25) is 0 Å². The molecule has 8 rings (SSSR count). The number of fused-ring (bicyclic) bond motifs is 2. The van der Waals surface area contributed by atoms with Crippen molar-refractivity contribution in [3.63, 3.8) is 0 Å². The minimum atomic E-state index is 0. The van der Waals surface area contributed by atoms with Crippen molar-refractivity contribution in [2.45, 2.75) is 169 Å². The van der Waals surface area contributed by atoms with Crippen LogP contribution in [0.2, 0.25) is 13.1 Å². The second-order valence-corrected chi connectivity index (χ2v) is 28.8. The maximum absolute atomic E-state index is 2.50. The summed E-state index contributed by atoms with van der Waals surface area (Å²) in [5, 5.41) is 5.67. The van der Waals surface area contributed by atoms with Gasteiger partial charge in [0.25, 0.3) is 0 Å². The first-order chi connectivity index (χ1) is 29.1. The van der Waals surface area contributed by atoms with E-state index in [-0.39, 0.29) is 30.2 Å². The predicted molar refractivity (Wildman–Crippen MR) is 264 cm³/mol. The summed E-state index contributed by atoms with van der Waals surface area (Å²) in [5.41, 5.74) is 12.5. The van der Waals surface area contributed by atoms with Gasteiger partial charge < -0.3 is 24.8 Å². The summed E-state index contributed by atoms with van der Waals surface area (Å²) in [6.07, 6.45) is 28.0. The quantitative estimate of drug-likeness (QED) is 0.0948. The summed E-state index contributed by atoms with van der Waals surface area (Å²) in [7, 11) is 0. The molecule has 2 fully saturated rings. The monoisotopic (exact) mass is 960 g/mol. The Bertz CT molecular complexity index is 2050. The third kappa shape index (κ3) is 14.9. The molecule has 4 heteroatoms. The van der Waals surface area contributed by atoms with E-state index in [1.165, 1.54) is 183 Å². The van der Waals surface area contributed by atoms with E-state index in [1.54, 1.807) is 34.5 Å². The molecule has 0 radical (unpaired) electrons. The minimum Gasteiger partial charge on any atom is -1.00 e. The van der Waals surface area contributed by atoms with Crippen LogP contribution in [0.25, 0.3) is 43.8 Å². The summed E-state index contributed by atoms with van der Waals surface area (Å²) >= 11 is 1.74. The first-order valence-corrected chi connectivity index (χ1v) is 30.3. The summed E-state index contributed by atoms with van der Waals surface area (Å²) in [6.45, 7) is 13.7. The van der Waals surface area contributed by atoms with Gasteiger partial charge in [-0.25, -0.2) is 0 Å². The Hall–Kier alpha value is -2.22. The van der Waals surface area contributed by atoms with Crippen LogP contribution in [-0.4, -0.2) is 5.43 Å². The van der Waals surface area contributed by atoms with Crippen LogP contribution in [-0.2, 0) is 36.2 Å². The Balaban J connectivity index is 0.000000244. The van der Waals surface area contributed by atoms with Crippen molar-refractivity contribution in [3.05, 3.63) is 131 Å². The number of hydrogen-bond acceptors (Lipinski definition) is 0. The summed E-state index contributed by atoms with van der Waals surface area (Å²) in [5.74, 6) is 0. The molecule has 0 N–H and O–H groups in total. The van der Waals surface area contributed by atoms with Crippen LogP contribution in [0.3, 0.4) is 0 Å². The predicted octanol–water partition coefficient (Wildman–Crippen LogP) is 12.0. The van der Waals surface area contributed by atoms with Gasteiger partial charge in [0.05, 0.1) is 0 Å². The molecule has 0 spiro atoms. The Kier molecular flexibility index (Phi) is 22.0. The molecule has 0 atom stereocenters. The van der Waals surface area contributed by atoms with Crippen LogP contribution in [0.5, 0.6) is 0 Å². The molecule has 332 valence electrons. The van der Waals surface area contributed by atoms with Crippen LogP contribution in [0, 0.1) is 24.7 Å². The number of hydrogen-bond donors (Lipinski definition) is 0. The van der Waals surface area contributed by atoms with Crippen molar-refractivity contribution in [3.8, 4) is 22.3 Å². The third-order valence-corrected chi connectivity index (χ3v) is 13.9. The molecule has 2 saturated carbocycles. The third-order valence-electron chi connectivity index (χ3n) is 13.9. The zero-order valence-corrected chi connectivity index (χ0v) is 44.3. The van der Waals surface area contributed by atoms with Gasteiger partial charge >= 0.3 is 41.9 Å². The van der Waals surface area contributed by atoms with Gasteiger partial charge in [0.1, 0.15) is 0 Å². The number of aryl methyl sites for hydroxylation is 2. The Morgan fingerprint density at radius 2 is 0.823 bits per heavy atom. The van der Waals surface area contributed by atoms with E-state index < -0.39 is 0 Å². The van der Waals surface area contributed by atoms with E-state index in [0.717, 1.165) is 0 Å². The van der Waals surface area contributed by atoms with Crippen LogP contribution < -0.4 is 24.8 Å². The Labute approximate surface area is 405 Å². The SMILES string of the molecule is CCCC1(Cc2cc3c(-c4ccc(C)cc4)cccc3[cH-]2)CCCCCCC1.CCCC1(Cc2cc3c(-c4ccc(C)cc4)cccc3[cH-]2)CCCCCCC1.C[Si](C)=[Zr+2].[Cl-].[Cl-]. The first-order valence-electron chi connectivity index (χ1n) is 24.1. The first kappa shape index (κ1) is 52.4. The summed E-state index contributed by atoms with van der Waals surface area (Å²) in [6, 6.07) is 41.5. The Morgan fingerprint density at radius 3 is 1.15 bits per heavy atom. The molecule has 0 bridgehead atoms. The van der Waals surface area contributed by atoms with Crippen molar-refractivity contribution in [1.82, 2.24) is 0 Å². The van der Waals surface area contributed by atoms with Crippen molar-refractivity contribution >= 4 is 27.0 Å². The van der Waals surface area contributed by atoms with Gasteiger partial charge in [-0.2, -0.15) is 12.1 Å². The molecule has 0 saturated heterocycles. The van der Waals surface area contributed by atoms with Crippen LogP contribution in [0.4, 0.5) is 0 Å². The standard InChI is InChI=1S/2C28H35.C2H6Si.2ClH.Zr/c2*1-3-16-28(17-7-5-4-6-8-18-28)21-23-19-25-10-9-11-26(27(25)20-23)24-14-12-22(2)13-15-24;1-3-2;;;/h2*9-15,19-20H,3-8,16-18,21H2,1-2H3;1-2H3;2*1H;/q2*-1;;;;+2/p-2. The molecule has 6 aromatic carbocycles. The number of benzene rings is 4. The minimum absolute atomic E-state index is 0. The van der Waals surface area contributed by atoms with Crippen molar-refractivity contribution in [1.29, 1.82) is 0 Å². The molecule has 62 heavy (non-hydrogen) atoms. The molecule has 2 aliphatic carbocycles. The number of rotatable bonds is 10. The fraction of sp³-hybridized carbons (Fsp3) is 0.483. The fourth-order valence-electron chi connectivity index (χ4n) is 11.0. The zero-order chi connectivity index (χ0) is 42.4. The molecular weight excluding hydrogens is 887 g/mol. The second kappa shape index (κ2) is 26.1. The van der Waals surface area contributed by atoms with Gasteiger partial charge in [0.2, 0.25) is 0 Å². The maximum Gasteiger partial charge on any atom is -1.00 e. The van der Waals surface area contributed by atoms with E-state index in [2.05, 4.69) is 150 Å². The van der Waals surface area contributed by atoms with E-state index in [0.29, 0.717) is 10.8 Å². The fourth-order valence-corrected chi connectivity index (χ4v) is 11.0. The van der Waals surface area contributed by atoms with E-state index in [9.17, 15) is 0 Å². The average molecular weight is 963 g/mol. The van der Waals surface area contributed by atoms with Crippen LogP contribution in [0.1, 0.15) is 152 Å². The Morgan fingerprint density at radius 1 is 0.500 bits per heavy atom. The van der Waals surface area contributed by atoms with Gasteiger partial charge in [-0.05, 0) is 87.2 Å². The van der Waals surface area contributed by atoms with Gasteiger partial charge in [0, 0.05) is 0 Å². The summed E-state index contributed by atoms with van der Waals surface area (Å²) in [4.78, 5) is 0. The number of halogens is 2. The van der Waals surface area contributed by atoms with E-state index in [1.807, 2.05) is 0 Å². The van der Waals surface area contributed by atoms with Crippen molar-refractivity contribution in [2.75, 3.05) is 0 Å². The molecule has 0 unspecified atom stereocenters. The van der Waals surface area contributed by atoms with Gasteiger partial charge in [0.15, 0.2) is 0 Å². The smallest absolute Gasteiger partial charge is 1.00 e. The van der Waals surface area contributed by atoms with Crippen LogP contribution in [0.15, 0.2) is 109 Å². The molecule has 0 nitrogen and oxygen atoms in total. The maximum atomic E-state index is 2.50. The molecule has 0 heterocycles. The average Bonchev–Trinajstić information content (AvgIpc) is 3.82. The second-order valence-electron chi connectivity index (χ2n) is 19.5. The topological polar surface area (TPSA) is 0 Å². The van der Waals surface area contributed by atoms with Crippen molar-refractivity contribution in [2.24, 2.45) is 10.8 Å². The van der Waals surface area contributed by atoms with E-state index >= 15 is 0 Å². The van der Waals surface area contributed by atoms with E-state index in [4.69, 9.17) is 0 Å². The van der Waals surface area contributed by atoms with Crippen molar-refractivity contribution < 1.29 is 48.1 Å². The summed E-state index contributed by atoms with van der Waals surface area (Å²) < 4.78 is 0. The molecule has 2 aliphatic rings. The zero-order valence-electron chi connectivity index (χ0n) is 39.3. The molecular formula is C58H76Cl2SiZr-2. The van der Waals surface area contributed by atoms with Gasteiger partial charge in [-0.1, -0.05) is 174 Å². The normalized spacial score (nSPS) is 16.1. The van der Waals surface area contributed by atoms with Gasteiger partial charge in [-0.15, -0.1) is 69.1 Å². The molecule has 0 aliphatic heterocycles. The molecule has 0 aromatic heterocycles. The molecule has 0 amide bonds. The largest absolute Gasteiger partial charge is 1.00 e.